The second kappa shape index (κ2) is 5.58. The normalized spacial score (nSPS) is 9.33. The Kier molecular flexibility index (Phi) is 9.08. The largest absolute Gasteiger partial charge is 3.00 e. The Morgan fingerprint density at radius 1 is 1.83 bits per heavy atom. The van der Waals surface area contributed by atoms with Gasteiger partial charge in [0.1, 0.15) is 6.16 Å². The van der Waals surface area contributed by atoms with Crippen molar-refractivity contribution in [2.24, 2.45) is 0 Å². The summed E-state index contributed by atoms with van der Waals surface area (Å²) in [6, 6.07) is 0. The molecule has 4 heteroatoms. The van der Waals surface area contributed by atoms with E-state index in [2.05, 4.69) is 0 Å². The first kappa shape index (κ1) is 9.77. The van der Waals surface area contributed by atoms with Crippen molar-refractivity contribution in [2.75, 3.05) is 6.16 Å². The molecule has 0 saturated heterocycles. The molecule has 0 aromatic heterocycles. The van der Waals surface area contributed by atoms with Crippen molar-refractivity contribution < 1.29 is 26.5 Å². The zero-order chi connectivity index (χ0) is 4.28. The van der Waals surface area contributed by atoms with Gasteiger partial charge in [-0.3, -0.25) is 0 Å². The van der Waals surface area contributed by atoms with Gasteiger partial charge in [0, 0.05) is 0 Å². The summed E-state index contributed by atoms with van der Waals surface area (Å²) in [5.41, 5.74) is 0. The van der Waals surface area contributed by atoms with Gasteiger partial charge in [-0.1, -0.05) is 4.57 Å². The van der Waals surface area contributed by atoms with E-state index in [0.717, 1.165) is 0 Å². The van der Waals surface area contributed by atoms with Crippen LogP contribution in [0.2, 0.25) is 0 Å². The van der Waals surface area contributed by atoms with Crippen molar-refractivity contribution in [1.82, 2.24) is 0 Å². The van der Waals surface area contributed by atoms with E-state index in [9.17, 15) is 9.46 Å². The number of rotatable bonds is 1. The molecule has 0 aliphatic heterocycles. The van der Waals surface area contributed by atoms with Crippen LogP contribution in [0.5, 0.6) is 0 Å². The summed E-state index contributed by atoms with van der Waals surface area (Å²) in [4.78, 5) is 9.41. The molecule has 35 valence electrons. The minimum atomic E-state index is -2.10. The predicted octanol–water partition coefficient (Wildman–Crippen LogP) is 0.106. The van der Waals surface area contributed by atoms with E-state index in [1.165, 1.54) is 0 Å². The smallest absolute Gasteiger partial charge is 0.596 e. The van der Waals surface area contributed by atoms with E-state index in [1.54, 1.807) is 6.92 Å². The van der Waals surface area contributed by atoms with Crippen LogP contribution in [-0.4, -0.2) is 6.16 Å². The van der Waals surface area contributed by atoms with Gasteiger partial charge in [-0.05, 0) is 6.92 Å². The van der Waals surface area contributed by atoms with Crippen LogP contribution in [0.4, 0.5) is 0 Å². The first-order valence-electron chi connectivity index (χ1n) is 1.39. The minimum Gasteiger partial charge on any atom is -0.596 e. The van der Waals surface area contributed by atoms with Gasteiger partial charge in [0.25, 0.3) is 0 Å². The second-order valence-corrected chi connectivity index (χ2v) is 1.95. The van der Waals surface area contributed by atoms with Crippen molar-refractivity contribution in [3.8, 4) is 0 Å². The van der Waals surface area contributed by atoms with Crippen LogP contribution >= 0.6 is 8.03 Å². The number of hydrogen-bond donors (Lipinski definition) is 0. The van der Waals surface area contributed by atoms with Gasteiger partial charge in [0.2, 0.25) is 0 Å². The Morgan fingerprint density at radius 3 is 2.00 bits per heavy atom. The van der Waals surface area contributed by atoms with Gasteiger partial charge in [-0.15, -0.1) is 0 Å². The van der Waals surface area contributed by atoms with Crippen molar-refractivity contribution in [3.63, 3.8) is 0 Å². The Bertz CT molecular complexity index is 46.8. The van der Waals surface area contributed by atoms with E-state index in [4.69, 9.17) is 0 Å². The summed E-state index contributed by atoms with van der Waals surface area (Å²) in [5.74, 6) is 0. The summed E-state index contributed by atoms with van der Waals surface area (Å²) in [5, 5.41) is 0. The summed E-state index contributed by atoms with van der Waals surface area (Å²) in [6.07, 6.45) is 0.259. The van der Waals surface area contributed by atoms with Crippen LogP contribution in [-0.2, 0) is 21.6 Å². The average molecular weight is 148 g/mol. The molecule has 0 aliphatic carbocycles. The Morgan fingerprint density at radius 2 is 2.00 bits per heavy atom. The average Bonchev–Trinajstić information content (AvgIpc) is 1.38. The van der Waals surface area contributed by atoms with E-state index in [0.29, 0.717) is 0 Å². The number of hydrogen-bond acceptors (Lipinski definition) is 2. The van der Waals surface area contributed by atoms with Crippen molar-refractivity contribution in [1.29, 1.82) is 0 Å². The molecular formula is C2H5FeO2P+3. The molecule has 0 amide bonds. The van der Waals surface area contributed by atoms with Crippen LogP contribution in [0, 0.1) is 0 Å². The molecular weight excluding hydrogens is 143 g/mol. The molecule has 0 heterocycles. The van der Waals surface area contributed by atoms with Crippen LogP contribution in [0.15, 0.2) is 0 Å². The van der Waals surface area contributed by atoms with E-state index < -0.39 is 8.03 Å². The molecule has 1 radical (unpaired) electrons. The Balaban J connectivity index is 0. The van der Waals surface area contributed by atoms with Crippen molar-refractivity contribution >= 4 is 8.03 Å². The Labute approximate surface area is 48.3 Å². The molecule has 0 bridgehead atoms. The first-order chi connectivity index (χ1) is 2.27. The molecule has 0 N–H and O–H groups in total. The molecule has 0 aromatic rings. The molecule has 1 unspecified atom stereocenters. The van der Waals surface area contributed by atoms with Crippen LogP contribution in [0.1, 0.15) is 6.92 Å². The SMILES string of the molecule is CC[P+](=O)[O-].[Fe+3]. The first-order valence-corrected chi connectivity index (χ1v) is 2.75. The fourth-order valence-corrected chi connectivity index (χ4v) is 0. The summed E-state index contributed by atoms with van der Waals surface area (Å²) < 4.78 is 9.41. The summed E-state index contributed by atoms with van der Waals surface area (Å²) >= 11 is 0. The topological polar surface area (TPSA) is 40.1 Å². The van der Waals surface area contributed by atoms with Crippen molar-refractivity contribution in [2.45, 2.75) is 6.92 Å². The predicted molar refractivity (Wildman–Crippen MR) is 18.1 cm³/mol. The zero-order valence-corrected chi connectivity index (χ0v) is 5.32. The van der Waals surface area contributed by atoms with E-state index >= 15 is 0 Å². The minimum absolute atomic E-state index is 0. The third-order valence-corrected chi connectivity index (χ3v) is 0.775. The van der Waals surface area contributed by atoms with E-state index in [1.807, 2.05) is 0 Å². The maximum atomic E-state index is 9.41. The monoisotopic (exact) mass is 148 g/mol. The van der Waals surface area contributed by atoms with Crippen molar-refractivity contribution in [3.05, 3.63) is 0 Å². The standard InChI is InChI=1S/C2H5O2P.Fe/c1-2-5(3)4;/h2H2,1H3;/q;+3. The van der Waals surface area contributed by atoms with Crippen LogP contribution in [0.3, 0.4) is 0 Å². The van der Waals surface area contributed by atoms with Crippen LogP contribution < -0.4 is 4.89 Å². The van der Waals surface area contributed by atoms with Gasteiger partial charge < -0.3 is 4.89 Å². The summed E-state index contributed by atoms with van der Waals surface area (Å²) in [6.45, 7) is 1.60. The third kappa shape index (κ3) is 8.82. The molecule has 2 nitrogen and oxygen atoms in total. The molecule has 1 atom stereocenters. The third-order valence-electron chi connectivity index (χ3n) is 0.258. The molecule has 0 rings (SSSR count). The van der Waals surface area contributed by atoms with Crippen LogP contribution in [0.25, 0.3) is 0 Å². The molecule has 0 aliphatic rings. The maximum absolute atomic E-state index is 9.41. The fraction of sp³-hybridized carbons (Fsp3) is 1.00. The molecule has 0 aromatic carbocycles. The second-order valence-electron chi connectivity index (χ2n) is 0.649. The fourth-order valence-electron chi connectivity index (χ4n) is 0. The summed E-state index contributed by atoms with van der Waals surface area (Å²) in [7, 11) is -2.10. The quantitative estimate of drug-likeness (QED) is 0.390. The van der Waals surface area contributed by atoms with E-state index in [-0.39, 0.29) is 23.2 Å². The Hall–Kier alpha value is 0.579. The molecule has 6 heavy (non-hydrogen) atoms. The van der Waals surface area contributed by atoms with Gasteiger partial charge in [0.15, 0.2) is 0 Å². The molecule has 0 spiro atoms. The maximum Gasteiger partial charge on any atom is 3.00 e. The van der Waals surface area contributed by atoms with Gasteiger partial charge in [-0.25, -0.2) is 0 Å². The van der Waals surface area contributed by atoms with Gasteiger partial charge in [-0.2, -0.15) is 0 Å². The molecule has 0 saturated carbocycles. The van der Waals surface area contributed by atoms with Gasteiger partial charge >= 0.3 is 25.1 Å². The van der Waals surface area contributed by atoms with Gasteiger partial charge in [0.05, 0.1) is 0 Å². The zero-order valence-electron chi connectivity index (χ0n) is 3.32. The molecule has 0 fully saturated rings.